The average Bonchev–Trinajstić information content (AvgIpc) is 3.23. The molecule has 2 aromatic carbocycles. The first-order valence-electron chi connectivity index (χ1n) is 10.4. The van der Waals surface area contributed by atoms with E-state index in [0.29, 0.717) is 35.8 Å². The molecule has 0 unspecified atom stereocenters. The molecule has 9 heteroatoms. The van der Waals surface area contributed by atoms with Gasteiger partial charge in [-0.15, -0.1) is 0 Å². The van der Waals surface area contributed by atoms with E-state index in [0.717, 1.165) is 24.2 Å². The third-order valence-corrected chi connectivity index (χ3v) is 5.86. The first-order valence-corrected chi connectivity index (χ1v) is 11.2. The Morgan fingerprint density at radius 1 is 1.09 bits per heavy atom. The van der Waals surface area contributed by atoms with Crippen LogP contribution in [0.4, 0.5) is 11.4 Å². The number of carbonyl (C=O) groups is 2. The van der Waals surface area contributed by atoms with Crippen LogP contribution in [0.5, 0.6) is 0 Å². The lowest BCUT2D eigenvalue weighted by molar-refractivity contribution is -0.131. The standard InChI is InChI=1S/C23H23ClN4O3S/c1-2-21(29)28-11-9-27(10-12-28)18-8-7-16(14-17(18)24)25-23(32)26-22(30)20-13-15-5-3-4-6-19(15)31-20/h3-8,13-14H,2,9-12H2,1H3,(H2,25,26,30,32). The number of piperazine rings is 1. The summed E-state index contributed by atoms with van der Waals surface area (Å²) >= 11 is 11.8. The number of anilines is 2. The van der Waals surface area contributed by atoms with Crippen LogP contribution in [0.2, 0.25) is 5.02 Å². The van der Waals surface area contributed by atoms with E-state index in [1.54, 1.807) is 18.2 Å². The number of nitrogens with zero attached hydrogens (tertiary/aromatic N) is 2. The summed E-state index contributed by atoms with van der Waals surface area (Å²) in [5.41, 5.74) is 2.20. The quantitative estimate of drug-likeness (QED) is 0.554. The Morgan fingerprint density at radius 3 is 2.53 bits per heavy atom. The molecule has 0 spiro atoms. The minimum absolute atomic E-state index is 0.144. The second-order valence-electron chi connectivity index (χ2n) is 7.44. The Kier molecular flexibility index (Phi) is 6.62. The Balaban J connectivity index is 1.35. The average molecular weight is 471 g/mol. The molecule has 3 aromatic rings. The molecule has 1 aliphatic rings. The maximum absolute atomic E-state index is 12.4. The van der Waals surface area contributed by atoms with Gasteiger partial charge in [-0.05, 0) is 42.5 Å². The number of benzene rings is 2. The van der Waals surface area contributed by atoms with Gasteiger partial charge in [-0.1, -0.05) is 36.7 Å². The van der Waals surface area contributed by atoms with Crippen molar-refractivity contribution in [2.24, 2.45) is 0 Å². The van der Waals surface area contributed by atoms with Gasteiger partial charge in [-0.2, -0.15) is 0 Å². The van der Waals surface area contributed by atoms with Crippen LogP contribution in [0, 0.1) is 0 Å². The zero-order valence-corrected chi connectivity index (χ0v) is 19.1. The number of nitrogens with one attached hydrogen (secondary N) is 2. The molecule has 2 heterocycles. The molecular formula is C23H23ClN4O3S. The van der Waals surface area contributed by atoms with Crippen LogP contribution in [0.3, 0.4) is 0 Å². The van der Waals surface area contributed by atoms with Crippen molar-refractivity contribution in [1.82, 2.24) is 10.2 Å². The first kappa shape index (κ1) is 22.1. The maximum Gasteiger partial charge on any atom is 0.293 e. The molecule has 32 heavy (non-hydrogen) atoms. The number of fused-ring (bicyclic) bond motifs is 1. The Labute approximate surface area is 196 Å². The predicted octanol–water partition coefficient (Wildman–Crippen LogP) is 4.27. The highest BCUT2D eigenvalue weighted by Gasteiger charge is 2.21. The number of para-hydroxylation sites is 1. The van der Waals surface area contributed by atoms with Crippen molar-refractivity contribution in [3.05, 3.63) is 59.3 Å². The van der Waals surface area contributed by atoms with Crippen LogP contribution in [0.15, 0.2) is 52.9 Å². The SMILES string of the molecule is CCC(=O)N1CCN(c2ccc(NC(=S)NC(=O)c3cc4ccccc4o3)cc2Cl)CC1. The molecule has 1 aromatic heterocycles. The van der Waals surface area contributed by atoms with Gasteiger partial charge in [0, 0.05) is 43.7 Å². The minimum atomic E-state index is -0.430. The molecule has 1 aliphatic heterocycles. The lowest BCUT2D eigenvalue weighted by Crippen LogP contribution is -2.48. The second-order valence-corrected chi connectivity index (χ2v) is 8.26. The minimum Gasteiger partial charge on any atom is -0.451 e. The summed E-state index contributed by atoms with van der Waals surface area (Å²) in [5, 5.41) is 7.16. The molecule has 7 nitrogen and oxygen atoms in total. The monoisotopic (exact) mass is 470 g/mol. The summed E-state index contributed by atoms with van der Waals surface area (Å²) < 4.78 is 5.56. The van der Waals surface area contributed by atoms with Gasteiger partial charge in [0.15, 0.2) is 10.9 Å². The summed E-state index contributed by atoms with van der Waals surface area (Å²) in [7, 11) is 0. The van der Waals surface area contributed by atoms with Crippen molar-refractivity contribution in [2.75, 3.05) is 36.4 Å². The maximum atomic E-state index is 12.4. The molecule has 0 saturated carbocycles. The zero-order valence-electron chi connectivity index (χ0n) is 17.6. The highest BCUT2D eigenvalue weighted by Crippen LogP contribution is 2.30. The third-order valence-electron chi connectivity index (χ3n) is 5.36. The van der Waals surface area contributed by atoms with E-state index in [2.05, 4.69) is 15.5 Å². The van der Waals surface area contributed by atoms with Crippen molar-refractivity contribution >= 4 is 63.1 Å². The Bertz CT molecular complexity index is 1140. The van der Waals surface area contributed by atoms with Gasteiger partial charge in [-0.3, -0.25) is 14.9 Å². The molecule has 1 saturated heterocycles. The van der Waals surface area contributed by atoms with Gasteiger partial charge in [0.1, 0.15) is 5.58 Å². The van der Waals surface area contributed by atoms with Gasteiger partial charge in [0.25, 0.3) is 5.91 Å². The first-order chi connectivity index (χ1) is 15.4. The molecule has 4 rings (SSSR count). The van der Waals surface area contributed by atoms with Gasteiger partial charge >= 0.3 is 0 Å². The molecule has 1 fully saturated rings. The fourth-order valence-corrected chi connectivity index (χ4v) is 4.19. The van der Waals surface area contributed by atoms with E-state index in [1.165, 1.54) is 0 Å². The number of furan rings is 1. The summed E-state index contributed by atoms with van der Waals surface area (Å²) in [6.07, 6.45) is 0.522. The summed E-state index contributed by atoms with van der Waals surface area (Å²) in [5.74, 6) is -0.0705. The number of hydrogen-bond acceptors (Lipinski definition) is 5. The van der Waals surface area contributed by atoms with Crippen LogP contribution < -0.4 is 15.5 Å². The van der Waals surface area contributed by atoms with Gasteiger partial charge in [-0.25, -0.2) is 0 Å². The van der Waals surface area contributed by atoms with Crippen LogP contribution >= 0.6 is 23.8 Å². The lowest BCUT2D eigenvalue weighted by Gasteiger charge is -2.36. The van der Waals surface area contributed by atoms with Gasteiger partial charge in [0.2, 0.25) is 5.91 Å². The zero-order chi connectivity index (χ0) is 22.7. The molecule has 0 aliphatic carbocycles. The van der Waals surface area contributed by atoms with Crippen molar-refractivity contribution in [3.8, 4) is 0 Å². The molecule has 0 atom stereocenters. The van der Waals surface area contributed by atoms with Gasteiger partial charge in [0.05, 0.1) is 10.7 Å². The van der Waals surface area contributed by atoms with Crippen LogP contribution in [-0.2, 0) is 4.79 Å². The van der Waals surface area contributed by atoms with Gasteiger partial charge < -0.3 is 19.5 Å². The predicted molar refractivity (Wildman–Crippen MR) is 130 cm³/mol. The van der Waals surface area contributed by atoms with E-state index < -0.39 is 5.91 Å². The number of carbonyl (C=O) groups excluding carboxylic acids is 2. The molecule has 0 bridgehead atoms. The van der Waals surface area contributed by atoms with E-state index in [-0.39, 0.29) is 16.8 Å². The summed E-state index contributed by atoms with van der Waals surface area (Å²) in [6, 6.07) is 14.6. The fourth-order valence-electron chi connectivity index (χ4n) is 3.68. The van der Waals surface area contributed by atoms with Crippen LogP contribution in [-0.4, -0.2) is 48.0 Å². The van der Waals surface area contributed by atoms with E-state index in [9.17, 15) is 9.59 Å². The molecule has 2 amide bonds. The fraction of sp³-hybridized carbons (Fsp3) is 0.261. The largest absolute Gasteiger partial charge is 0.451 e. The van der Waals surface area contributed by atoms with Crippen molar-refractivity contribution in [1.29, 1.82) is 0 Å². The number of halogens is 1. The smallest absolute Gasteiger partial charge is 0.293 e. The van der Waals surface area contributed by atoms with E-state index in [4.69, 9.17) is 28.2 Å². The highest BCUT2D eigenvalue weighted by atomic mass is 35.5. The Morgan fingerprint density at radius 2 is 1.84 bits per heavy atom. The molecule has 0 radical (unpaired) electrons. The number of rotatable bonds is 4. The number of hydrogen-bond donors (Lipinski definition) is 2. The molecular weight excluding hydrogens is 448 g/mol. The topological polar surface area (TPSA) is 77.8 Å². The lowest BCUT2D eigenvalue weighted by atomic mass is 10.2. The van der Waals surface area contributed by atoms with Crippen LogP contribution in [0.1, 0.15) is 23.9 Å². The highest BCUT2D eigenvalue weighted by molar-refractivity contribution is 7.80. The summed E-state index contributed by atoms with van der Waals surface area (Å²) in [6.45, 7) is 4.69. The Hall–Kier alpha value is -3.10. The molecule has 2 N–H and O–H groups in total. The van der Waals surface area contributed by atoms with Crippen molar-refractivity contribution < 1.29 is 14.0 Å². The number of thiocarbonyl (C=S) groups is 1. The third kappa shape index (κ3) is 4.87. The van der Waals surface area contributed by atoms with E-state index >= 15 is 0 Å². The summed E-state index contributed by atoms with van der Waals surface area (Å²) in [4.78, 5) is 28.3. The van der Waals surface area contributed by atoms with E-state index in [1.807, 2.05) is 42.2 Å². The normalized spacial score (nSPS) is 13.8. The van der Waals surface area contributed by atoms with Crippen molar-refractivity contribution in [2.45, 2.75) is 13.3 Å². The van der Waals surface area contributed by atoms with Crippen molar-refractivity contribution in [3.63, 3.8) is 0 Å². The number of amides is 2. The van der Waals surface area contributed by atoms with Crippen LogP contribution in [0.25, 0.3) is 11.0 Å². The molecule has 166 valence electrons. The second kappa shape index (κ2) is 9.58.